The van der Waals surface area contributed by atoms with Crippen LogP contribution < -0.4 is 10.2 Å². The summed E-state index contributed by atoms with van der Waals surface area (Å²) >= 11 is 1.75. The molecule has 1 N–H and O–H groups in total. The van der Waals surface area contributed by atoms with Gasteiger partial charge in [0.05, 0.1) is 6.04 Å². The minimum absolute atomic E-state index is 0.0638. The normalized spacial score (nSPS) is 17.0. The van der Waals surface area contributed by atoms with Crippen molar-refractivity contribution >= 4 is 28.6 Å². The molecule has 1 aromatic carbocycles. The van der Waals surface area contributed by atoms with E-state index in [2.05, 4.69) is 31.9 Å². The first-order valence-corrected chi connectivity index (χ1v) is 10.0. The molecule has 2 heterocycles. The van der Waals surface area contributed by atoms with E-state index in [1.54, 1.807) is 11.3 Å². The van der Waals surface area contributed by atoms with Crippen LogP contribution in [-0.4, -0.2) is 62.0 Å². The molecule has 1 saturated heterocycles. The van der Waals surface area contributed by atoms with E-state index in [0.717, 1.165) is 44.1 Å². The van der Waals surface area contributed by atoms with Gasteiger partial charge in [-0.3, -0.25) is 14.6 Å². The van der Waals surface area contributed by atoms with Crippen LogP contribution in [0.1, 0.15) is 12.5 Å². The first-order chi connectivity index (χ1) is 12.5. The Morgan fingerprint density at radius 1 is 1.15 bits per heavy atom. The van der Waals surface area contributed by atoms with E-state index in [1.807, 2.05) is 50.2 Å². The average molecular weight is 373 g/mol. The van der Waals surface area contributed by atoms with Crippen molar-refractivity contribution in [3.63, 3.8) is 0 Å². The summed E-state index contributed by atoms with van der Waals surface area (Å²) in [5, 5.41) is 7.38. The third kappa shape index (κ3) is 4.84. The number of rotatable bonds is 6. The summed E-state index contributed by atoms with van der Waals surface area (Å²) < 4.78 is 0. The Morgan fingerprint density at radius 2 is 1.85 bits per heavy atom. The number of hydrogen-bond acceptors (Lipinski definition) is 5. The SMILES string of the molecule is CC(C(=O)Nc1ccc(N(C)C)cc1)N1CCN(Cc2ccsc2)CC1. The van der Waals surface area contributed by atoms with Gasteiger partial charge >= 0.3 is 0 Å². The van der Waals surface area contributed by atoms with Gasteiger partial charge in [0.15, 0.2) is 0 Å². The molecule has 3 rings (SSSR count). The maximum Gasteiger partial charge on any atom is 0.241 e. The van der Waals surface area contributed by atoms with Crippen molar-refractivity contribution in [2.75, 3.05) is 50.5 Å². The van der Waals surface area contributed by atoms with Crippen molar-refractivity contribution in [3.8, 4) is 0 Å². The molecule has 1 fully saturated rings. The Balaban J connectivity index is 1.48. The van der Waals surface area contributed by atoms with Crippen molar-refractivity contribution in [2.24, 2.45) is 0 Å². The number of nitrogens with one attached hydrogen (secondary N) is 1. The lowest BCUT2D eigenvalue weighted by Crippen LogP contribution is -2.52. The van der Waals surface area contributed by atoms with Gasteiger partial charge in [-0.25, -0.2) is 0 Å². The van der Waals surface area contributed by atoms with Crippen molar-refractivity contribution in [1.29, 1.82) is 0 Å². The zero-order valence-electron chi connectivity index (χ0n) is 15.8. The number of carbonyl (C=O) groups is 1. The van der Waals surface area contributed by atoms with Crippen LogP contribution in [0.15, 0.2) is 41.1 Å². The molecule has 140 valence electrons. The van der Waals surface area contributed by atoms with Crippen LogP contribution in [0, 0.1) is 0 Å². The molecule has 26 heavy (non-hydrogen) atoms. The number of piperazine rings is 1. The second-order valence-corrected chi connectivity index (χ2v) is 7.83. The Morgan fingerprint density at radius 3 is 2.42 bits per heavy atom. The quantitative estimate of drug-likeness (QED) is 0.846. The van der Waals surface area contributed by atoms with Crippen LogP contribution in [0.4, 0.5) is 11.4 Å². The summed E-state index contributed by atoms with van der Waals surface area (Å²) in [7, 11) is 4.02. The van der Waals surface area contributed by atoms with E-state index in [0.29, 0.717) is 0 Å². The number of carbonyl (C=O) groups excluding carboxylic acids is 1. The van der Waals surface area contributed by atoms with E-state index in [1.165, 1.54) is 5.56 Å². The van der Waals surface area contributed by atoms with Gasteiger partial charge in [-0.2, -0.15) is 11.3 Å². The Labute approximate surface area is 160 Å². The highest BCUT2D eigenvalue weighted by Gasteiger charge is 2.25. The molecule has 1 aromatic heterocycles. The number of amides is 1. The van der Waals surface area contributed by atoms with Crippen LogP contribution in [0.3, 0.4) is 0 Å². The minimum Gasteiger partial charge on any atom is -0.378 e. The van der Waals surface area contributed by atoms with Gasteiger partial charge in [0.25, 0.3) is 0 Å². The predicted molar refractivity (Wildman–Crippen MR) is 110 cm³/mol. The fourth-order valence-electron chi connectivity index (χ4n) is 3.20. The van der Waals surface area contributed by atoms with Gasteiger partial charge in [-0.15, -0.1) is 0 Å². The largest absolute Gasteiger partial charge is 0.378 e. The van der Waals surface area contributed by atoms with Crippen molar-refractivity contribution in [2.45, 2.75) is 19.5 Å². The zero-order chi connectivity index (χ0) is 18.5. The van der Waals surface area contributed by atoms with Gasteiger partial charge in [-0.1, -0.05) is 0 Å². The van der Waals surface area contributed by atoms with E-state index in [9.17, 15) is 4.79 Å². The van der Waals surface area contributed by atoms with Gasteiger partial charge in [-0.05, 0) is 53.6 Å². The topological polar surface area (TPSA) is 38.8 Å². The Kier molecular flexibility index (Phi) is 6.29. The summed E-state index contributed by atoms with van der Waals surface area (Å²) in [6.07, 6.45) is 0. The van der Waals surface area contributed by atoms with Crippen LogP contribution in [0.25, 0.3) is 0 Å². The fraction of sp³-hybridized carbons (Fsp3) is 0.450. The third-order valence-corrected chi connectivity index (χ3v) is 5.70. The highest BCUT2D eigenvalue weighted by atomic mass is 32.1. The molecule has 1 aliphatic heterocycles. The van der Waals surface area contributed by atoms with Gasteiger partial charge in [0.2, 0.25) is 5.91 Å². The number of hydrogen-bond donors (Lipinski definition) is 1. The molecule has 0 bridgehead atoms. The molecule has 1 atom stereocenters. The van der Waals surface area contributed by atoms with E-state index < -0.39 is 0 Å². The zero-order valence-corrected chi connectivity index (χ0v) is 16.6. The first kappa shape index (κ1) is 18.9. The summed E-state index contributed by atoms with van der Waals surface area (Å²) in [5.74, 6) is 0.0638. The molecule has 1 aliphatic rings. The highest BCUT2D eigenvalue weighted by Crippen LogP contribution is 2.17. The number of thiophene rings is 1. The minimum atomic E-state index is -0.119. The van der Waals surface area contributed by atoms with E-state index in [-0.39, 0.29) is 11.9 Å². The second-order valence-electron chi connectivity index (χ2n) is 7.05. The van der Waals surface area contributed by atoms with Crippen molar-refractivity contribution < 1.29 is 4.79 Å². The predicted octanol–water partition coefficient (Wildman–Crippen LogP) is 2.96. The third-order valence-electron chi connectivity index (χ3n) is 4.97. The Bertz CT molecular complexity index is 691. The molecule has 0 spiro atoms. The molecular formula is C20H28N4OS. The Hall–Kier alpha value is -1.89. The monoisotopic (exact) mass is 372 g/mol. The number of nitrogens with zero attached hydrogens (tertiary/aromatic N) is 3. The summed E-state index contributed by atoms with van der Waals surface area (Å²) in [5.41, 5.74) is 3.36. The lowest BCUT2D eigenvalue weighted by atomic mass is 10.2. The smallest absolute Gasteiger partial charge is 0.241 e. The summed E-state index contributed by atoms with van der Waals surface area (Å²) in [6.45, 7) is 6.88. The average Bonchev–Trinajstić information content (AvgIpc) is 3.15. The standard InChI is InChI=1S/C20H28N4OS/c1-16(20(25)21-18-4-6-19(7-5-18)22(2)3)24-11-9-23(10-12-24)14-17-8-13-26-15-17/h4-8,13,15-16H,9-12,14H2,1-3H3,(H,21,25). The number of benzene rings is 1. The molecule has 2 aromatic rings. The molecular weight excluding hydrogens is 344 g/mol. The number of anilines is 2. The lowest BCUT2D eigenvalue weighted by Gasteiger charge is -2.37. The van der Waals surface area contributed by atoms with Gasteiger partial charge in [0.1, 0.15) is 0 Å². The second kappa shape index (κ2) is 8.66. The van der Waals surface area contributed by atoms with Gasteiger partial charge < -0.3 is 10.2 Å². The maximum atomic E-state index is 12.6. The van der Waals surface area contributed by atoms with Crippen molar-refractivity contribution in [3.05, 3.63) is 46.7 Å². The molecule has 5 nitrogen and oxygen atoms in total. The molecule has 1 unspecified atom stereocenters. The summed E-state index contributed by atoms with van der Waals surface area (Å²) in [4.78, 5) is 19.4. The van der Waals surface area contributed by atoms with Crippen LogP contribution in [0.2, 0.25) is 0 Å². The van der Waals surface area contributed by atoms with Crippen LogP contribution >= 0.6 is 11.3 Å². The van der Waals surface area contributed by atoms with Crippen LogP contribution in [-0.2, 0) is 11.3 Å². The first-order valence-electron chi connectivity index (χ1n) is 9.08. The molecule has 6 heteroatoms. The fourth-order valence-corrected chi connectivity index (χ4v) is 3.86. The van der Waals surface area contributed by atoms with Gasteiger partial charge in [0, 0.05) is 58.2 Å². The van der Waals surface area contributed by atoms with Crippen molar-refractivity contribution in [1.82, 2.24) is 9.80 Å². The van der Waals surface area contributed by atoms with E-state index in [4.69, 9.17) is 0 Å². The van der Waals surface area contributed by atoms with E-state index >= 15 is 0 Å². The molecule has 0 saturated carbocycles. The summed E-state index contributed by atoms with van der Waals surface area (Å²) in [6, 6.07) is 10.0. The highest BCUT2D eigenvalue weighted by molar-refractivity contribution is 7.07. The molecule has 1 amide bonds. The molecule has 0 aliphatic carbocycles. The molecule has 0 radical (unpaired) electrons. The van der Waals surface area contributed by atoms with Crippen LogP contribution in [0.5, 0.6) is 0 Å². The maximum absolute atomic E-state index is 12.6. The lowest BCUT2D eigenvalue weighted by molar-refractivity contribution is -0.121.